The van der Waals surface area contributed by atoms with Gasteiger partial charge in [-0.3, -0.25) is 4.79 Å². The molecule has 0 saturated carbocycles. The number of hydrogen-bond donors (Lipinski definition) is 1. The average Bonchev–Trinajstić information content (AvgIpc) is 3.49. The standard InChI is InChI=1S/C25H20F2N4O3S2/c1-4-35-30-16-6-8-21(34-20-7-5-15(26)9-17(20)27)18(10-16)31-12-13(2)23(32)24-19(31)11-22(36-24)25-29-28-14(3)33-25/h5-12,30H,4H2,1-3H3. The van der Waals surface area contributed by atoms with Crippen LogP contribution < -0.4 is 14.9 Å². The van der Waals surface area contributed by atoms with E-state index in [4.69, 9.17) is 9.15 Å². The van der Waals surface area contributed by atoms with E-state index >= 15 is 0 Å². The van der Waals surface area contributed by atoms with Crippen molar-refractivity contribution in [3.63, 3.8) is 0 Å². The highest BCUT2D eigenvalue weighted by atomic mass is 32.2. The van der Waals surface area contributed by atoms with Crippen molar-refractivity contribution in [2.45, 2.75) is 20.8 Å². The number of halogens is 2. The molecular weight excluding hydrogens is 506 g/mol. The Morgan fingerprint density at radius 2 is 1.92 bits per heavy atom. The number of anilines is 1. The summed E-state index contributed by atoms with van der Waals surface area (Å²) in [7, 11) is 0. The molecule has 0 atom stereocenters. The maximum Gasteiger partial charge on any atom is 0.257 e. The van der Waals surface area contributed by atoms with Crippen LogP contribution in [-0.2, 0) is 0 Å². The Morgan fingerprint density at radius 1 is 1.11 bits per heavy atom. The van der Waals surface area contributed by atoms with Crippen LogP contribution in [0, 0.1) is 25.5 Å². The van der Waals surface area contributed by atoms with E-state index in [2.05, 4.69) is 14.9 Å². The Hall–Kier alpha value is -3.70. The molecule has 184 valence electrons. The van der Waals surface area contributed by atoms with E-state index in [9.17, 15) is 13.6 Å². The molecule has 1 N–H and O–H groups in total. The summed E-state index contributed by atoms with van der Waals surface area (Å²) >= 11 is 2.77. The third-order valence-corrected chi connectivity index (χ3v) is 7.04. The molecule has 11 heteroatoms. The van der Waals surface area contributed by atoms with Gasteiger partial charge in [-0.25, -0.2) is 8.78 Å². The topological polar surface area (TPSA) is 82.2 Å². The van der Waals surface area contributed by atoms with Crippen LogP contribution in [0.25, 0.3) is 26.7 Å². The number of aryl methyl sites for hydroxylation is 2. The van der Waals surface area contributed by atoms with E-state index in [1.807, 2.05) is 17.6 Å². The lowest BCUT2D eigenvalue weighted by Gasteiger charge is -2.17. The predicted molar refractivity (Wildman–Crippen MR) is 138 cm³/mol. The van der Waals surface area contributed by atoms with Crippen molar-refractivity contribution in [2.24, 2.45) is 0 Å². The summed E-state index contributed by atoms with van der Waals surface area (Å²) in [6.07, 6.45) is 1.71. The summed E-state index contributed by atoms with van der Waals surface area (Å²) < 4.78 is 44.9. The lowest BCUT2D eigenvalue weighted by molar-refractivity contribution is 0.436. The number of ether oxygens (including phenoxy) is 1. The van der Waals surface area contributed by atoms with E-state index < -0.39 is 11.6 Å². The second-order valence-corrected chi connectivity index (χ2v) is 9.98. The minimum atomic E-state index is -0.824. The summed E-state index contributed by atoms with van der Waals surface area (Å²) in [6.45, 7) is 5.44. The fraction of sp³-hybridized carbons (Fsp3) is 0.160. The van der Waals surface area contributed by atoms with Gasteiger partial charge in [0.1, 0.15) is 5.82 Å². The Balaban J connectivity index is 1.71. The number of nitrogens with zero attached hydrogens (tertiary/aromatic N) is 3. The fourth-order valence-corrected chi connectivity index (χ4v) is 5.13. The molecule has 0 amide bonds. The van der Waals surface area contributed by atoms with E-state index in [1.54, 1.807) is 38.2 Å². The van der Waals surface area contributed by atoms with Crippen molar-refractivity contribution >= 4 is 39.2 Å². The largest absolute Gasteiger partial charge is 0.452 e. The van der Waals surface area contributed by atoms with Crippen molar-refractivity contribution in [3.8, 4) is 28.0 Å². The third-order valence-electron chi connectivity index (χ3n) is 5.26. The van der Waals surface area contributed by atoms with Gasteiger partial charge < -0.3 is 18.4 Å². The maximum absolute atomic E-state index is 14.4. The summed E-state index contributed by atoms with van der Waals surface area (Å²) in [4.78, 5) is 13.7. The molecule has 0 radical (unpaired) electrons. The van der Waals surface area contributed by atoms with Crippen LogP contribution in [0.15, 0.2) is 57.9 Å². The van der Waals surface area contributed by atoms with Crippen molar-refractivity contribution in [2.75, 3.05) is 10.5 Å². The minimum absolute atomic E-state index is 0.114. The molecule has 36 heavy (non-hydrogen) atoms. The summed E-state index contributed by atoms with van der Waals surface area (Å²) in [5.41, 5.74) is 2.34. The number of thiophene rings is 1. The first kappa shape index (κ1) is 24.0. The SMILES string of the molecule is CCSNc1ccc(Oc2ccc(F)cc2F)c(-n2cc(C)c(=O)c3sc(-c4nnc(C)o4)cc32)c1. The molecule has 7 nitrogen and oxygen atoms in total. The monoisotopic (exact) mass is 526 g/mol. The molecule has 0 aliphatic carbocycles. The first-order chi connectivity index (χ1) is 17.3. The molecule has 0 saturated heterocycles. The highest BCUT2D eigenvalue weighted by Crippen LogP contribution is 2.37. The molecule has 0 aliphatic rings. The van der Waals surface area contributed by atoms with Gasteiger partial charge in [0.25, 0.3) is 5.89 Å². The van der Waals surface area contributed by atoms with Gasteiger partial charge in [-0.15, -0.1) is 21.5 Å². The molecule has 0 spiro atoms. The molecule has 2 aromatic carbocycles. The molecule has 5 aromatic rings. The smallest absolute Gasteiger partial charge is 0.257 e. The van der Waals surface area contributed by atoms with Gasteiger partial charge in [-0.2, -0.15) is 0 Å². The number of fused-ring (bicyclic) bond motifs is 1. The fourth-order valence-electron chi connectivity index (χ4n) is 3.61. The predicted octanol–water partition coefficient (Wildman–Crippen LogP) is 6.87. The normalized spacial score (nSPS) is 11.2. The van der Waals surface area contributed by atoms with Crippen LogP contribution in [0.3, 0.4) is 0 Å². The van der Waals surface area contributed by atoms with Crippen molar-refractivity contribution in [1.82, 2.24) is 14.8 Å². The van der Waals surface area contributed by atoms with Gasteiger partial charge >= 0.3 is 0 Å². The van der Waals surface area contributed by atoms with Gasteiger partial charge in [0.2, 0.25) is 11.3 Å². The quantitative estimate of drug-likeness (QED) is 0.232. The van der Waals surface area contributed by atoms with Gasteiger partial charge in [0.15, 0.2) is 17.3 Å². The number of nitrogens with one attached hydrogen (secondary N) is 1. The zero-order chi connectivity index (χ0) is 25.4. The van der Waals surface area contributed by atoms with Crippen LogP contribution in [0.4, 0.5) is 14.5 Å². The lowest BCUT2D eigenvalue weighted by atomic mass is 10.2. The Kier molecular flexibility index (Phi) is 6.50. The Morgan fingerprint density at radius 3 is 2.64 bits per heavy atom. The van der Waals surface area contributed by atoms with Gasteiger partial charge in [-0.05, 0) is 43.3 Å². The molecule has 5 rings (SSSR count). The molecule has 0 fully saturated rings. The van der Waals surface area contributed by atoms with Crippen molar-refractivity contribution in [1.29, 1.82) is 0 Å². The Bertz CT molecular complexity index is 1640. The second kappa shape index (κ2) is 9.75. The molecular formula is C25H20F2N4O3S2. The van der Waals surface area contributed by atoms with Crippen LogP contribution in [0.1, 0.15) is 18.4 Å². The summed E-state index contributed by atoms with van der Waals surface area (Å²) in [5, 5.41) is 7.96. The van der Waals surface area contributed by atoms with Crippen molar-refractivity contribution < 1.29 is 17.9 Å². The summed E-state index contributed by atoms with van der Waals surface area (Å²) in [5.74, 6) is 0.246. The summed E-state index contributed by atoms with van der Waals surface area (Å²) in [6, 6.07) is 10.3. The van der Waals surface area contributed by atoms with Gasteiger partial charge in [0, 0.05) is 36.2 Å². The zero-order valence-corrected chi connectivity index (χ0v) is 21.1. The second-order valence-electron chi connectivity index (χ2n) is 7.86. The van der Waals surface area contributed by atoms with Crippen LogP contribution in [0.2, 0.25) is 0 Å². The number of benzene rings is 2. The first-order valence-electron chi connectivity index (χ1n) is 11.0. The van der Waals surface area contributed by atoms with E-state index in [-0.39, 0.29) is 11.2 Å². The van der Waals surface area contributed by atoms with E-state index in [0.717, 1.165) is 23.6 Å². The minimum Gasteiger partial charge on any atom is -0.452 e. The molecule has 3 aromatic heterocycles. The third kappa shape index (κ3) is 4.59. The van der Waals surface area contributed by atoms with Gasteiger partial charge in [0.05, 0.1) is 20.8 Å². The molecule has 0 aliphatic heterocycles. The highest BCUT2D eigenvalue weighted by molar-refractivity contribution is 8.00. The van der Waals surface area contributed by atoms with Crippen LogP contribution in [-0.4, -0.2) is 20.5 Å². The average molecular weight is 527 g/mol. The Labute approximate surface area is 212 Å². The molecule has 3 heterocycles. The lowest BCUT2D eigenvalue weighted by Crippen LogP contribution is -2.10. The number of pyridine rings is 1. The van der Waals surface area contributed by atoms with Crippen LogP contribution >= 0.6 is 23.3 Å². The molecule has 0 bridgehead atoms. The van der Waals surface area contributed by atoms with E-state index in [1.165, 1.54) is 29.4 Å². The number of hydrogen-bond acceptors (Lipinski definition) is 8. The van der Waals surface area contributed by atoms with E-state index in [0.29, 0.717) is 43.9 Å². The first-order valence-corrected chi connectivity index (χ1v) is 12.8. The number of aromatic nitrogens is 3. The van der Waals surface area contributed by atoms with Gasteiger partial charge in [-0.1, -0.05) is 18.9 Å². The van der Waals surface area contributed by atoms with Crippen LogP contribution in [0.5, 0.6) is 11.5 Å². The maximum atomic E-state index is 14.4. The number of rotatable bonds is 7. The zero-order valence-electron chi connectivity index (χ0n) is 19.5. The highest BCUT2D eigenvalue weighted by Gasteiger charge is 2.19. The molecule has 0 unspecified atom stereocenters. The van der Waals surface area contributed by atoms with Crippen molar-refractivity contribution in [3.05, 3.63) is 82.0 Å².